The summed E-state index contributed by atoms with van der Waals surface area (Å²) in [5.41, 5.74) is 12.1. The number of aliphatic hydroxyl groups excluding tert-OH is 1. The number of phenolic OH excluding ortho intramolecular Hbond substituents is 1. The van der Waals surface area contributed by atoms with E-state index in [1.54, 1.807) is 0 Å². The Kier molecular flexibility index (Phi) is 11.4. The molecule has 11 N–H and O–H groups in total. The molecular weight excluding hydrogens is 514 g/mol. The van der Waals surface area contributed by atoms with Crippen molar-refractivity contribution in [3.63, 3.8) is 0 Å². The molecule has 0 aliphatic heterocycles. The molecule has 212 valence electrons. The van der Waals surface area contributed by atoms with Crippen molar-refractivity contribution in [1.82, 2.24) is 25.9 Å². The van der Waals surface area contributed by atoms with Crippen LogP contribution < -0.4 is 27.4 Å². The number of carbonyl (C=O) groups excluding carboxylic acids is 4. The Morgan fingerprint density at radius 3 is 2.15 bits per heavy atom. The fourth-order valence-corrected chi connectivity index (χ4v) is 3.55. The first-order valence-corrected chi connectivity index (χ1v) is 12.0. The second-order valence-corrected chi connectivity index (χ2v) is 8.95. The van der Waals surface area contributed by atoms with E-state index in [0.29, 0.717) is 11.3 Å². The summed E-state index contributed by atoms with van der Waals surface area (Å²) < 4.78 is 0. The molecule has 1 aromatic carbocycles. The van der Waals surface area contributed by atoms with Crippen LogP contribution in [0.1, 0.15) is 31.0 Å². The van der Waals surface area contributed by atoms with Gasteiger partial charge in [0.15, 0.2) is 0 Å². The summed E-state index contributed by atoms with van der Waals surface area (Å²) in [6.45, 7) is 1.24. The lowest BCUT2D eigenvalue weighted by Gasteiger charge is -2.26. The van der Waals surface area contributed by atoms with Gasteiger partial charge in [-0.25, -0.2) is 9.78 Å². The number of hydrogen-bond donors (Lipinski definition) is 9. The van der Waals surface area contributed by atoms with Crippen LogP contribution in [0, 0.1) is 0 Å². The number of nitrogens with zero attached hydrogens (tertiary/aromatic N) is 1. The van der Waals surface area contributed by atoms with E-state index < -0.39 is 59.9 Å². The molecule has 1 heterocycles. The number of aromatic hydroxyl groups is 1. The molecule has 0 bridgehead atoms. The van der Waals surface area contributed by atoms with Gasteiger partial charge in [-0.3, -0.25) is 19.2 Å². The molecule has 2 rings (SSSR count). The minimum absolute atomic E-state index is 0.0223. The minimum atomic E-state index is -1.53. The Morgan fingerprint density at radius 2 is 1.62 bits per heavy atom. The van der Waals surface area contributed by atoms with Gasteiger partial charge in [0, 0.05) is 31.2 Å². The molecule has 4 amide bonds. The molecule has 0 spiro atoms. The van der Waals surface area contributed by atoms with Crippen molar-refractivity contribution >= 4 is 29.6 Å². The molecule has 2 aromatic rings. The summed E-state index contributed by atoms with van der Waals surface area (Å²) >= 11 is 0. The van der Waals surface area contributed by atoms with Crippen LogP contribution in [0.5, 0.6) is 5.75 Å². The van der Waals surface area contributed by atoms with E-state index in [4.69, 9.17) is 11.5 Å². The third-order valence-electron chi connectivity index (χ3n) is 5.70. The van der Waals surface area contributed by atoms with Crippen molar-refractivity contribution in [3.8, 4) is 5.75 Å². The Hall–Kier alpha value is -4.50. The van der Waals surface area contributed by atoms with Crippen molar-refractivity contribution < 1.29 is 39.3 Å². The standard InChI is InChI=1S/C24H33N7O8/c1-12(32)20(31-21(35)16(25)9-14-10-27-11-28-14)23(37)29-17(6-7-19(26)34)22(36)30-18(24(38)39)8-13-2-4-15(33)5-3-13/h2-5,10-12,16-18,20,32-33H,6-9,25H2,1H3,(H2,26,34)(H,27,28)(H,29,37)(H,30,36)(H,31,35)(H,38,39). The van der Waals surface area contributed by atoms with Crippen molar-refractivity contribution in [2.24, 2.45) is 11.5 Å². The number of hydrogen-bond acceptors (Lipinski definition) is 9. The molecule has 0 radical (unpaired) electrons. The maximum atomic E-state index is 13.0. The van der Waals surface area contributed by atoms with Crippen LogP contribution in [0.15, 0.2) is 36.8 Å². The maximum absolute atomic E-state index is 13.0. The highest BCUT2D eigenvalue weighted by Crippen LogP contribution is 2.12. The third-order valence-corrected chi connectivity index (χ3v) is 5.70. The van der Waals surface area contributed by atoms with Crippen LogP contribution in [-0.2, 0) is 36.8 Å². The predicted molar refractivity (Wildman–Crippen MR) is 136 cm³/mol. The highest BCUT2D eigenvalue weighted by molar-refractivity contribution is 5.94. The normalized spacial score (nSPS) is 14.7. The zero-order chi connectivity index (χ0) is 29.1. The van der Waals surface area contributed by atoms with E-state index in [-0.39, 0.29) is 31.4 Å². The lowest BCUT2D eigenvalue weighted by molar-refractivity contribution is -0.142. The molecule has 15 nitrogen and oxygen atoms in total. The number of rotatable bonds is 15. The number of nitrogens with one attached hydrogen (secondary N) is 4. The third kappa shape index (κ3) is 10.1. The first-order chi connectivity index (χ1) is 18.4. The number of phenols is 1. The molecule has 0 saturated heterocycles. The number of H-pyrrole nitrogens is 1. The van der Waals surface area contributed by atoms with Gasteiger partial charge in [-0.2, -0.15) is 0 Å². The average Bonchev–Trinajstić information content (AvgIpc) is 3.38. The predicted octanol–water partition coefficient (Wildman–Crippen LogP) is -2.59. The summed E-state index contributed by atoms with van der Waals surface area (Å²) in [4.78, 5) is 68.3. The molecule has 0 fully saturated rings. The number of carbonyl (C=O) groups is 5. The number of nitrogens with two attached hydrogens (primary N) is 2. The smallest absolute Gasteiger partial charge is 0.326 e. The monoisotopic (exact) mass is 547 g/mol. The van der Waals surface area contributed by atoms with Crippen molar-refractivity contribution in [2.45, 2.75) is 62.9 Å². The van der Waals surface area contributed by atoms with Crippen LogP contribution in [0.4, 0.5) is 0 Å². The Bertz CT molecular complexity index is 1140. The van der Waals surface area contributed by atoms with E-state index in [1.165, 1.54) is 43.7 Å². The van der Waals surface area contributed by atoms with Crippen LogP contribution in [0.2, 0.25) is 0 Å². The molecule has 1 aromatic heterocycles. The second kappa shape index (κ2) is 14.4. The minimum Gasteiger partial charge on any atom is -0.508 e. The average molecular weight is 548 g/mol. The number of imidazole rings is 1. The number of aromatic amines is 1. The van der Waals surface area contributed by atoms with E-state index in [2.05, 4.69) is 25.9 Å². The van der Waals surface area contributed by atoms with Gasteiger partial charge < -0.3 is 47.7 Å². The lowest BCUT2D eigenvalue weighted by atomic mass is 10.0. The number of amides is 4. The maximum Gasteiger partial charge on any atom is 0.326 e. The van der Waals surface area contributed by atoms with Crippen molar-refractivity contribution in [3.05, 3.63) is 48.0 Å². The second-order valence-electron chi connectivity index (χ2n) is 8.95. The lowest BCUT2D eigenvalue weighted by Crippen LogP contribution is -2.60. The number of benzene rings is 1. The summed E-state index contributed by atoms with van der Waals surface area (Å²) in [6, 6.07) is 0.222. The molecule has 0 aliphatic rings. The van der Waals surface area contributed by atoms with Gasteiger partial charge >= 0.3 is 5.97 Å². The SMILES string of the molecule is CC(O)C(NC(=O)C(N)Cc1cnc[nH]1)C(=O)NC(CCC(N)=O)C(=O)NC(Cc1ccc(O)cc1)C(=O)O. The number of carboxylic acid groups (broad SMARTS) is 1. The van der Waals surface area contributed by atoms with Gasteiger partial charge in [-0.05, 0) is 31.0 Å². The topological polar surface area (TPSA) is 263 Å². The molecule has 5 unspecified atom stereocenters. The van der Waals surface area contributed by atoms with Gasteiger partial charge in [-0.15, -0.1) is 0 Å². The van der Waals surface area contributed by atoms with Crippen molar-refractivity contribution in [2.75, 3.05) is 0 Å². The number of aliphatic hydroxyl groups is 1. The summed E-state index contributed by atoms with van der Waals surface area (Å²) in [5.74, 6) is -4.82. The van der Waals surface area contributed by atoms with E-state index >= 15 is 0 Å². The number of aromatic nitrogens is 2. The van der Waals surface area contributed by atoms with E-state index in [9.17, 15) is 39.3 Å². The van der Waals surface area contributed by atoms with Crippen LogP contribution in [0.25, 0.3) is 0 Å². The van der Waals surface area contributed by atoms with Gasteiger partial charge in [-0.1, -0.05) is 12.1 Å². The van der Waals surface area contributed by atoms with Gasteiger partial charge in [0.1, 0.15) is 23.9 Å². The Balaban J connectivity index is 2.12. The summed E-state index contributed by atoms with van der Waals surface area (Å²) in [7, 11) is 0. The van der Waals surface area contributed by atoms with Crippen molar-refractivity contribution in [1.29, 1.82) is 0 Å². The molecule has 0 saturated carbocycles. The molecule has 15 heteroatoms. The highest BCUT2D eigenvalue weighted by atomic mass is 16.4. The van der Waals surface area contributed by atoms with Gasteiger partial charge in [0.2, 0.25) is 23.6 Å². The molecule has 39 heavy (non-hydrogen) atoms. The Labute approximate surface area is 223 Å². The van der Waals surface area contributed by atoms with Crippen LogP contribution in [-0.4, -0.2) is 85.2 Å². The number of carboxylic acids is 1. The summed E-state index contributed by atoms with van der Waals surface area (Å²) in [5, 5.41) is 36.1. The van der Waals surface area contributed by atoms with Gasteiger partial charge in [0.05, 0.1) is 18.5 Å². The molecular formula is C24H33N7O8. The largest absolute Gasteiger partial charge is 0.508 e. The first kappa shape index (κ1) is 30.7. The molecule has 0 aliphatic carbocycles. The number of primary amides is 1. The Morgan fingerprint density at radius 1 is 0.974 bits per heavy atom. The zero-order valence-electron chi connectivity index (χ0n) is 21.2. The van der Waals surface area contributed by atoms with Gasteiger partial charge in [0.25, 0.3) is 0 Å². The van der Waals surface area contributed by atoms with E-state index in [1.807, 2.05) is 0 Å². The first-order valence-electron chi connectivity index (χ1n) is 12.0. The van der Waals surface area contributed by atoms with E-state index in [0.717, 1.165) is 0 Å². The summed E-state index contributed by atoms with van der Waals surface area (Å²) in [6.07, 6.45) is 0.796. The van der Waals surface area contributed by atoms with Crippen LogP contribution >= 0.6 is 0 Å². The number of aliphatic carboxylic acids is 1. The fourth-order valence-electron chi connectivity index (χ4n) is 3.55. The quantitative estimate of drug-likeness (QED) is 0.112. The molecule has 5 atom stereocenters. The highest BCUT2D eigenvalue weighted by Gasteiger charge is 2.32. The van der Waals surface area contributed by atoms with Crippen LogP contribution in [0.3, 0.4) is 0 Å². The fraction of sp³-hybridized carbons (Fsp3) is 0.417. The zero-order valence-corrected chi connectivity index (χ0v) is 21.2.